The average Bonchev–Trinajstić information content (AvgIpc) is 3.36. The van der Waals surface area contributed by atoms with Crippen molar-refractivity contribution in [2.75, 3.05) is 0 Å². The quantitative estimate of drug-likeness (QED) is 0.147. The highest BCUT2D eigenvalue weighted by molar-refractivity contribution is 5.23. The molecule has 50 heavy (non-hydrogen) atoms. The van der Waals surface area contributed by atoms with E-state index >= 15 is 0 Å². The number of rotatable bonds is 6. The Hall–Kier alpha value is -0.840. The molecule has 16 atom stereocenters. The third-order valence-corrected chi connectivity index (χ3v) is 14.9. The molecule has 2 heterocycles. The lowest BCUT2D eigenvalue weighted by atomic mass is 9.34. The van der Waals surface area contributed by atoms with Crippen molar-refractivity contribution < 1.29 is 39.7 Å². The van der Waals surface area contributed by atoms with E-state index in [4.69, 9.17) is 29.5 Å². The lowest BCUT2D eigenvalue weighted by Crippen LogP contribution is -2.68. The summed E-state index contributed by atoms with van der Waals surface area (Å²) < 4.78 is 18.2. The van der Waals surface area contributed by atoms with Crippen molar-refractivity contribution in [3.8, 4) is 0 Å². The fourth-order valence-corrected chi connectivity index (χ4v) is 12.7. The highest BCUT2D eigenvalue weighted by Crippen LogP contribution is 2.76. The smallest absolute Gasteiger partial charge is 0.183 e. The Kier molecular flexibility index (Phi) is 12.2. The number of fused-ring (bicyclic) bond motifs is 5. The van der Waals surface area contributed by atoms with Crippen LogP contribution in [0.5, 0.6) is 0 Å². The standard InChI is InChI=1S/C36H60O4.C6H12O4/c1-22(2)12-10-13-23(3)26-14-17-35(8)31(26)27(38)20-29-34(7)16-11-15-33(5,6)32(34)28(21-36(29,35)9)40-30-19-25(37)18-24(4)39-30;1-3-2-4(7)5(8)6(9)10-3/h12,24-32,37-38H,3,10-11,13-21H2,1-2,4-9H3;3-9H,2H2,1H3/t24-,25+,26-,27-,28+,29-,30+,31+,32+,34-,35-,36-;3-,4+,5-,6-/m10/s1. The van der Waals surface area contributed by atoms with Crippen LogP contribution in [-0.4, -0.2) is 80.8 Å². The van der Waals surface area contributed by atoms with Gasteiger partial charge in [-0.05, 0) is 131 Å². The summed E-state index contributed by atoms with van der Waals surface area (Å²) in [5.74, 6) is 1.54. The SMILES string of the molecule is C=C(CCC=C(C)C)[C@H]1CC[C@]2(C)[C@@H]1[C@H](O)C[C@@H]1[C@@]3(C)CCCC(C)(C)[C@@H]3[C@@H](O[C@H]3C[C@@H](O)C[C@@H](C)O3)C[C@]12C.C[C@H]1C[C@@H](O)[C@H](O)[C@@H](O)O1. The molecule has 6 rings (SSSR count). The first kappa shape index (κ1) is 40.3. The molecule has 4 saturated carbocycles. The third-order valence-electron chi connectivity index (χ3n) is 14.9. The Labute approximate surface area is 303 Å². The van der Waals surface area contributed by atoms with Gasteiger partial charge in [-0.25, -0.2) is 0 Å². The Bertz CT molecular complexity index is 1190. The molecule has 5 N–H and O–H groups in total. The van der Waals surface area contributed by atoms with Crippen molar-refractivity contribution in [1.82, 2.24) is 0 Å². The van der Waals surface area contributed by atoms with E-state index in [2.05, 4.69) is 68.0 Å². The molecule has 288 valence electrons. The molecule has 0 bridgehead atoms. The summed E-state index contributed by atoms with van der Waals surface area (Å²) in [5, 5.41) is 49.4. The third kappa shape index (κ3) is 7.58. The predicted octanol–water partition coefficient (Wildman–Crippen LogP) is 7.05. The van der Waals surface area contributed by atoms with Crippen LogP contribution in [0.1, 0.15) is 139 Å². The van der Waals surface area contributed by atoms with Crippen molar-refractivity contribution in [1.29, 1.82) is 0 Å². The van der Waals surface area contributed by atoms with Gasteiger partial charge in [0.25, 0.3) is 0 Å². The summed E-state index contributed by atoms with van der Waals surface area (Å²) in [7, 11) is 0. The lowest BCUT2D eigenvalue weighted by molar-refractivity contribution is -0.305. The second-order valence-corrected chi connectivity index (χ2v) is 19.2. The second kappa shape index (κ2) is 15.1. The summed E-state index contributed by atoms with van der Waals surface area (Å²) in [6, 6.07) is 0. The van der Waals surface area contributed by atoms with E-state index in [-0.39, 0.29) is 64.4 Å². The molecule has 6 aliphatic rings. The Balaban J connectivity index is 0.000000418. The molecule has 0 amide bonds. The molecule has 0 aromatic rings. The van der Waals surface area contributed by atoms with Gasteiger partial charge in [-0.3, -0.25) is 0 Å². The van der Waals surface area contributed by atoms with Crippen LogP contribution in [0.2, 0.25) is 0 Å². The van der Waals surface area contributed by atoms with Crippen LogP contribution in [0.3, 0.4) is 0 Å². The van der Waals surface area contributed by atoms with Gasteiger partial charge in [-0.2, -0.15) is 0 Å². The van der Waals surface area contributed by atoms with Crippen molar-refractivity contribution in [2.45, 2.75) is 195 Å². The van der Waals surface area contributed by atoms with E-state index in [0.717, 1.165) is 38.5 Å². The van der Waals surface area contributed by atoms with E-state index in [0.29, 0.717) is 37.0 Å². The molecule has 0 aromatic carbocycles. The summed E-state index contributed by atoms with van der Waals surface area (Å²) >= 11 is 0. The van der Waals surface area contributed by atoms with E-state index < -0.39 is 18.5 Å². The Morgan fingerprint density at radius 2 is 1.52 bits per heavy atom. The first-order valence-corrected chi connectivity index (χ1v) is 19.9. The number of hydrogen-bond acceptors (Lipinski definition) is 8. The van der Waals surface area contributed by atoms with E-state index in [1.54, 1.807) is 6.92 Å². The fourth-order valence-electron chi connectivity index (χ4n) is 12.7. The number of ether oxygens (including phenoxy) is 3. The van der Waals surface area contributed by atoms with Crippen LogP contribution >= 0.6 is 0 Å². The predicted molar refractivity (Wildman–Crippen MR) is 196 cm³/mol. The molecule has 0 radical (unpaired) electrons. The first-order chi connectivity index (χ1) is 23.2. The zero-order valence-corrected chi connectivity index (χ0v) is 32.7. The van der Waals surface area contributed by atoms with Crippen LogP contribution in [0.25, 0.3) is 0 Å². The van der Waals surface area contributed by atoms with Gasteiger partial charge in [0.1, 0.15) is 6.10 Å². The lowest BCUT2D eigenvalue weighted by Gasteiger charge is -2.71. The highest BCUT2D eigenvalue weighted by atomic mass is 16.7. The number of hydrogen-bond donors (Lipinski definition) is 5. The van der Waals surface area contributed by atoms with Gasteiger partial charge in [0, 0.05) is 12.8 Å². The highest BCUT2D eigenvalue weighted by Gasteiger charge is 2.71. The largest absolute Gasteiger partial charge is 0.393 e. The molecule has 6 fully saturated rings. The summed E-state index contributed by atoms with van der Waals surface area (Å²) in [4.78, 5) is 0. The summed E-state index contributed by atoms with van der Waals surface area (Å²) in [5.41, 5.74) is 3.08. The van der Waals surface area contributed by atoms with E-state index in [9.17, 15) is 10.2 Å². The maximum Gasteiger partial charge on any atom is 0.183 e. The monoisotopic (exact) mass is 705 g/mol. The summed E-state index contributed by atoms with van der Waals surface area (Å²) in [6.07, 6.45) is 9.62. The summed E-state index contributed by atoms with van der Waals surface area (Å²) in [6.45, 7) is 25.3. The molecular formula is C42H72O8. The maximum atomic E-state index is 12.0. The van der Waals surface area contributed by atoms with Gasteiger partial charge in [0.15, 0.2) is 12.6 Å². The molecule has 8 nitrogen and oxygen atoms in total. The van der Waals surface area contributed by atoms with Crippen molar-refractivity contribution in [3.63, 3.8) is 0 Å². The average molecular weight is 705 g/mol. The zero-order valence-electron chi connectivity index (χ0n) is 32.7. The zero-order chi connectivity index (χ0) is 37.0. The number of aliphatic hydroxyl groups excluding tert-OH is 5. The van der Waals surface area contributed by atoms with Crippen LogP contribution in [0.4, 0.5) is 0 Å². The van der Waals surface area contributed by atoms with Gasteiger partial charge in [-0.15, -0.1) is 0 Å². The number of allylic oxidation sites excluding steroid dienone is 3. The van der Waals surface area contributed by atoms with Crippen LogP contribution in [0.15, 0.2) is 23.8 Å². The van der Waals surface area contributed by atoms with Gasteiger partial charge < -0.3 is 39.7 Å². The topological polar surface area (TPSA) is 129 Å². The minimum atomic E-state index is -1.24. The first-order valence-electron chi connectivity index (χ1n) is 19.9. The van der Waals surface area contributed by atoms with Crippen LogP contribution < -0.4 is 0 Å². The molecular weight excluding hydrogens is 632 g/mol. The number of aliphatic hydroxyl groups is 5. The normalized spacial score (nSPS) is 49.8. The Morgan fingerprint density at radius 1 is 0.840 bits per heavy atom. The minimum absolute atomic E-state index is 0.0195. The second-order valence-electron chi connectivity index (χ2n) is 19.2. The van der Waals surface area contributed by atoms with Crippen LogP contribution in [0, 0.1) is 45.3 Å². The molecule has 0 spiro atoms. The molecule has 0 unspecified atom stereocenters. The molecule has 0 aromatic heterocycles. The van der Waals surface area contributed by atoms with Gasteiger partial charge in [-0.1, -0.05) is 64.8 Å². The molecule has 4 aliphatic carbocycles. The van der Waals surface area contributed by atoms with Crippen molar-refractivity contribution in [3.05, 3.63) is 23.8 Å². The molecule has 8 heteroatoms. The molecule has 2 saturated heterocycles. The van der Waals surface area contributed by atoms with Gasteiger partial charge >= 0.3 is 0 Å². The Morgan fingerprint density at radius 3 is 2.16 bits per heavy atom. The molecule has 2 aliphatic heterocycles. The van der Waals surface area contributed by atoms with Crippen molar-refractivity contribution in [2.24, 2.45) is 45.3 Å². The van der Waals surface area contributed by atoms with E-state index in [1.165, 1.54) is 30.4 Å². The minimum Gasteiger partial charge on any atom is -0.393 e. The maximum absolute atomic E-state index is 12.0. The van der Waals surface area contributed by atoms with Crippen LogP contribution in [-0.2, 0) is 14.2 Å². The van der Waals surface area contributed by atoms with Crippen molar-refractivity contribution >= 4 is 0 Å². The fraction of sp³-hybridized carbons (Fsp3) is 0.905. The van der Waals surface area contributed by atoms with E-state index in [1.807, 2.05) is 0 Å². The van der Waals surface area contributed by atoms with Gasteiger partial charge in [0.2, 0.25) is 0 Å². The van der Waals surface area contributed by atoms with Gasteiger partial charge in [0.05, 0.1) is 36.6 Å².